The van der Waals surface area contributed by atoms with E-state index in [1.165, 1.54) is 0 Å². The summed E-state index contributed by atoms with van der Waals surface area (Å²) in [6, 6.07) is 17.6. The molecule has 3 aliphatic rings. The maximum Gasteiger partial charge on any atom is 0.244 e. The highest BCUT2D eigenvalue weighted by Gasteiger charge is 2.74. The van der Waals surface area contributed by atoms with Gasteiger partial charge < -0.3 is 20.6 Å². The third-order valence-electron chi connectivity index (χ3n) is 7.38. The van der Waals surface area contributed by atoms with E-state index in [4.69, 9.17) is 0 Å². The summed E-state index contributed by atoms with van der Waals surface area (Å²) in [6.45, 7) is 1.87. The van der Waals surface area contributed by atoms with Crippen LogP contribution in [-0.2, 0) is 20.9 Å². The number of benzene rings is 2. The SMILES string of the molecule is C[C@H](CO)N1C(=O)[C@@H]2[C@@H](C(=O)Nc3ccccc3)[C@H]3CCC2(S3)C1C(=O)NCc1ccccc1. The molecule has 8 heteroatoms. The summed E-state index contributed by atoms with van der Waals surface area (Å²) in [5.41, 5.74) is 1.66. The number of nitrogens with one attached hydrogen (secondary N) is 2. The van der Waals surface area contributed by atoms with Crippen LogP contribution < -0.4 is 10.6 Å². The Labute approximate surface area is 203 Å². The largest absolute Gasteiger partial charge is 0.394 e. The zero-order chi connectivity index (χ0) is 23.9. The minimum absolute atomic E-state index is 0.00586. The average molecular weight is 480 g/mol. The number of carbonyl (C=O) groups is 3. The first-order chi connectivity index (χ1) is 16.5. The number of thioether (sulfide) groups is 1. The standard InChI is InChI=1S/C26H29N3O4S/c1-16(15-30)29-22(24(32)27-14-17-8-4-2-5-9-17)26-13-12-19(34-26)20(21(26)25(29)33)23(31)28-18-10-6-3-7-11-18/h2-11,16,19-22,30H,12-15H2,1H3,(H,27,32)(H,28,31)/t16-,19-,20+,21+,22?,26?/m1/s1. The number of amides is 3. The van der Waals surface area contributed by atoms with Crippen LogP contribution >= 0.6 is 11.8 Å². The zero-order valence-corrected chi connectivity index (χ0v) is 19.8. The molecule has 3 amide bonds. The molecule has 3 fully saturated rings. The van der Waals surface area contributed by atoms with Crippen LogP contribution in [0.2, 0.25) is 0 Å². The molecule has 0 radical (unpaired) electrons. The first-order valence-electron chi connectivity index (χ1n) is 11.7. The molecule has 3 aliphatic heterocycles. The van der Waals surface area contributed by atoms with E-state index in [0.717, 1.165) is 12.0 Å². The molecule has 1 spiro atoms. The van der Waals surface area contributed by atoms with Crippen molar-refractivity contribution in [1.29, 1.82) is 0 Å². The second kappa shape index (κ2) is 9.07. The highest BCUT2D eigenvalue weighted by Crippen LogP contribution is 2.66. The summed E-state index contributed by atoms with van der Waals surface area (Å²) < 4.78 is -0.662. The number of likely N-dealkylation sites (tertiary alicyclic amines) is 1. The summed E-state index contributed by atoms with van der Waals surface area (Å²) >= 11 is 1.62. The van der Waals surface area contributed by atoms with Gasteiger partial charge in [-0.05, 0) is 37.5 Å². The molecular weight excluding hydrogens is 450 g/mol. The van der Waals surface area contributed by atoms with Gasteiger partial charge in [0.2, 0.25) is 17.7 Å². The van der Waals surface area contributed by atoms with Gasteiger partial charge in [-0.2, -0.15) is 0 Å². The molecule has 5 rings (SSSR count). The van der Waals surface area contributed by atoms with Crippen molar-refractivity contribution in [3.05, 3.63) is 66.2 Å². The Bertz CT molecular complexity index is 1080. The van der Waals surface area contributed by atoms with E-state index in [1.54, 1.807) is 23.6 Å². The molecule has 2 bridgehead atoms. The number of aliphatic hydroxyl groups is 1. The summed E-state index contributed by atoms with van der Waals surface area (Å²) in [5, 5.41) is 15.9. The smallest absolute Gasteiger partial charge is 0.244 e. The molecule has 2 aromatic carbocycles. The quantitative estimate of drug-likeness (QED) is 0.567. The van der Waals surface area contributed by atoms with Crippen molar-refractivity contribution in [1.82, 2.24) is 10.2 Å². The molecule has 3 heterocycles. The van der Waals surface area contributed by atoms with Crippen molar-refractivity contribution in [3.8, 4) is 0 Å². The van der Waals surface area contributed by atoms with Gasteiger partial charge in [-0.1, -0.05) is 48.5 Å². The van der Waals surface area contributed by atoms with Crippen LogP contribution in [0, 0.1) is 11.8 Å². The summed E-state index contributed by atoms with van der Waals surface area (Å²) in [6.07, 6.45) is 1.48. The van der Waals surface area contributed by atoms with E-state index >= 15 is 0 Å². The fourth-order valence-electron chi connectivity index (χ4n) is 5.88. The van der Waals surface area contributed by atoms with Gasteiger partial charge in [0.15, 0.2) is 0 Å². The Balaban J connectivity index is 1.43. The minimum Gasteiger partial charge on any atom is -0.394 e. The number of aliphatic hydroxyl groups excluding tert-OH is 1. The number of rotatable bonds is 7. The molecule has 0 aliphatic carbocycles. The van der Waals surface area contributed by atoms with Crippen molar-refractivity contribution >= 4 is 35.2 Å². The van der Waals surface area contributed by atoms with Gasteiger partial charge in [0.1, 0.15) is 6.04 Å². The van der Waals surface area contributed by atoms with Gasteiger partial charge in [-0.25, -0.2) is 0 Å². The number of hydrogen-bond acceptors (Lipinski definition) is 5. The number of hydrogen-bond donors (Lipinski definition) is 3. The predicted octanol–water partition coefficient (Wildman–Crippen LogP) is 2.41. The fourth-order valence-corrected chi connectivity index (χ4v) is 8.09. The third-order valence-corrected chi connectivity index (χ3v) is 9.33. The van der Waals surface area contributed by atoms with Crippen molar-refractivity contribution in [3.63, 3.8) is 0 Å². The van der Waals surface area contributed by atoms with Crippen molar-refractivity contribution in [2.45, 2.75) is 48.4 Å². The van der Waals surface area contributed by atoms with Gasteiger partial charge in [-0.3, -0.25) is 14.4 Å². The first-order valence-corrected chi connectivity index (χ1v) is 12.6. The summed E-state index contributed by atoms with van der Waals surface area (Å²) in [5.74, 6) is -1.69. The van der Waals surface area contributed by atoms with Crippen LogP contribution in [0.3, 0.4) is 0 Å². The van der Waals surface area contributed by atoms with Crippen LogP contribution in [0.1, 0.15) is 25.3 Å². The summed E-state index contributed by atoms with van der Waals surface area (Å²) in [4.78, 5) is 42.3. The fraction of sp³-hybridized carbons (Fsp3) is 0.423. The molecule has 0 saturated carbocycles. The van der Waals surface area contributed by atoms with Gasteiger partial charge in [0.05, 0.1) is 29.2 Å². The average Bonchev–Trinajstić information content (AvgIpc) is 3.50. The van der Waals surface area contributed by atoms with Crippen LogP contribution in [0.15, 0.2) is 60.7 Å². The Morgan fingerprint density at radius 2 is 1.79 bits per heavy atom. The molecule has 2 aromatic rings. The van der Waals surface area contributed by atoms with Crippen molar-refractivity contribution in [2.75, 3.05) is 11.9 Å². The minimum atomic E-state index is -0.722. The molecule has 2 unspecified atom stereocenters. The molecule has 178 valence electrons. The molecule has 0 aromatic heterocycles. The summed E-state index contributed by atoms with van der Waals surface area (Å²) in [7, 11) is 0. The van der Waals surface area contributed by atoms with Gasteiger partial charge in [-0.15, -0.1) is 11.8 Å². The molecular formula is C26H29N3O4S. The van der Waals surface area contributed by atoms with Crippen LogP contribution in [0.25, 0.3) is 0 Å². The monoisotopic (exact) mass is 479 g/mol. The molecule has 7 nitrogen and oxygen atoms in total. The lowest BCUT2D eigenvalue weighted by Gasteiger charge is -2.36. The Kier molecular flexibility index (Phi) is 6.12. The van der Waals surface area contributed by atoms with E-state index < -0.39 is 28.7 Å². The van der Waals surface area contributed by atoms with E-state index in [9.17, 15) is 19.5 Å². The lowest BCUT2D eigenvalue weighted by atomic mass is 9.70. The van der Waals surface area contributed by atoms with Gasteiger partial charge in [0, 0.05) is 17.5 Å². The van der Waals surface area contributed by atoms with E-state index in [0.29, 0.717) is 18.7 Å². The molecule has 3 saturated heterocycles. The number of carbonyl (C=O) groups excluding carboxylic acids is 3. The molecule has 3 N–H and O–H groups in total. The lowest BCUT2D eigenvalue weighted by Crippen LogP contribution is -2.55. The van der Waals surface area contributed by atoms with Crippen molar-refractivity contribution in [2.24, 2.45) is 11.8 Å². The first kappa shape index (κ1) is 22.9. The Morgan fingerprint density at radius 3 is 2.47 bits per heavy atom. The number of para-hydroxylation sites is 1. The third kappa shape index (κ3) is 3.69. The number of fused-ring (bicyclic) bond motifs is 1. The van der Waals surface area contributed by atoms with Gasteiger partial charge in [0.25, 0.3) is 0 Å². The Hall–Kier alpha value is -2.84. The number of anilines is 1. The predicted molar refractivity (Wildman–Crippen MR) is 131 cm³/mol. The zero-order valence-electron chi connectivity index (χ0n) is 19.0. The van der Waals surface area contributed by atoms with E-state index in [1.807, 2.05) is 60.7 Å². The lowest BCUT2D eigenvalue weighted by molar-refractivity contribution is -0.141. The van der Waals surface area contributed by atoms with E-state index in [-0.39, 0.29) is 29.6 Å². The highest BCUT2D eigenvalue weighted by molar-refractivity contribution is 8.02. The second-order valence-electron chi connectivity index (χ2n) is 9.39. The second-order valence-corrected chi connectivity index (χ2v) is 11.0. The van der Waals surface area contributed by atoms with Crippen LogP contribution in [0.4, 0.5) is 5.69 Å². The normalized spacial score (nSPS) is 30.2. The maximum atomic E-state index is 13.8. The van der Waals surface area contributed by atoms with Crippen molar-refractivity contribution < 1.29 is 19.5 Å². The van der Waals surface area contributed by atoms with Crippen LogP contribution in [-0.4, -0.2) is 56.4 Å². The topological polar surface area (TPSA) is 98.7 Å². The molecule has 34 heavy (non-hydrogen) atoms. The highest BCUT2D eigenvalue weighted by atomic mass is 32.2. The van der Waals surface area contributed by atoms with Gasteiger partial charge >= 0.3 is 0 Å². The van der Waals surface area contributed by atoms with E-state index in [2.05, 4.69) is 10.6 Å². The maximum absolute atomic E-state index is 13.8. The molecule has 6 atom stereocenters. The number of nitrogens with zero attached hydrogens (tertiary/aromatic N) is 1. The Morgan fingerprint density at radius 1 is 1.12 bits per heavy atom. The van der Waals surface area contributed by atoms with Crippen LogP contribution in [0.5, 0.6) is 0 Å².